The van der Waals surface area contributed by atoms with Crippen LogP contribution < -0.4 is 0 Å². The molecule has 0 bridgehead atoms. The fourth-order valence-corrected chi connectivity index (χ4v) is 2.77. The summed E-state index contributed by atoms with van der Waals surface area (Å²) in [7, 11) is 0. The van der Waals surface area contributed by atoms with E-state index in [4.69, 9.17) is 19.7 Å². The molecular formula is C16H30O6S. The standard InChI is InChI=1S/C16H30O6S/c1-15(2,7-10-21-9-5-13(17)18)22-11-8-16(3,4)23-12-6-14(19)20/h5-12H2,1-4H3,(H,17,18)(H,19,20). The second-order valence-electron chi connectivity index (χ2n) is 6.62. The van der Waals surface area contributed by atoms with E-state index in [1.54, 1.807) is 11.8 Å². The topological polar surface area (TPSA) is 93.1 Å². The molecule has 0 aliphatic rings. The monoisotopic (exact) mass is 350 g/mol. The van der Waals surface area contributed by atoms with E-state index >= 15 is 0 Å². The molecule has 0 fully saturated rings. The molecule has 0 aromatic heterocycles. The van der Waals surface area contributed by atoms with Crippen molar-refractivity contribution < 1.29 is 29.3 Å². The Morgan fingerprint density at radius 1 is 0.913 bits per heavy atom. The molecule has 0 spiro atoms. The number of carboxylic acid groups (broad SMARTS) is 2. The number of hydrogen-bond donors (Lipinski definition) is 2. The van der Waals surface area contributed by atoms with Gasteiger partial charge in [-0.05, 0) is 26.7 Å². The highest BCUT2D eigenvalue weighted by molar-refractivity contribution is 8.00. The molecule has 0 radical (unpaired) electrons. The summed E-state index contributed by atoms with van der Waals surface area (Å²) in [6, 6.07) is 0. The maximum Gasteiger partial charge on any atom is 0.305 e. The molecule has 0 amide bonds. The van der Waals surface area contributed by atoms with E-state index in [1.165, 1.54) is 0 Å². The number of ether oxygens (including phenoxy) is 2. The van der Waals surface area contributed by atoms with Crippen molar-refractivity contribution >= 4 is 23.7 Å². The molecule has 0 unspecified atom stereocenters. The highest BCUT2D eigenvalue weighted by Crippen LogP contribution is 2.29. The molecule has 0 aromatic carbocycles. The third-order valence-corrected chi connectivity index (χ3v) is 4.71. The molecule has 6 nitrogen and oxygen atoms in total. The molecule has 0 aromatic rings. The Morgan fingerprint density at radius 2 is 1.52 bits per heavy atom. The van der Waals surface area contributed by atoms with Crippen molar-refractivity contribution in [3.63, 3.8) is 0 Å². The first-order chi connectivity index (χ1) is 10.5. The summed E-state index contributed by atoms with van der Waals surface area (Å²) in [5, 5.41) is 17.2. The van der Waals surface area contributed by atoms with Crippen LogP contribution in [0.3, 0.4) is 0 Å². The van der Waals surface area contributed by atoms with Crippen molar-refractivity contribution in [1.29, 1.82) is 0 Å². The van der Waals surface area contributed by atoms with Crippen molar-refractivity contribution in [2.45, 2.75) is 63.7 Å². The summed E-state index contributed by atoms with van der Waals surface area (Å²) in [6.45, 7) is 9.43. The van der Waals surface area contributed by atoms with Crippen molar-refractivity contribution in [2.24, 2.45) is 0 Å². The molecule has 0 aliphatic carbocycles. The molecular weight excluding hydrogens is 320 g/mol. The third kappa shape index (κ3) is 14.5. The largest absolute Gasteiger partial charge is 0.481 e. The zero-order chi connectivity index (χ0) is 17.9. The molecule has 0 saturated carbocycles. The van der Waals surface area contributed by atoms with E-state index in [1.807, 2.05) is 13.8 Å². The van der Waals surface area contributed by atoms with E-state index in [-0.39, 0.29) is 29.8 Å². The first-order valence-electron chi connectivity index (χ1n) is 7.83. The zero-order valence-corrected chi connectivity index (χ0v) is 15.4. The fraction of sp³-hybridized carbons (Fsp3) is 0.875. The summed E-state index contributed by atoms with van der Waals surface area (Å²) < 4.78 is 11.2. The minimum Gasteiger partial charge on any atom is -0.481 e. The number of aliphatic carboxylic acids is 2. The van der Waals surface area contributed by atoms with Gasteiger partial charge in [-0.1, -0.05) is 13.8 Å². The van der Waals surface area contributed by atoms with Crippen LogP contribution in [0.4, 0.5) is 0 Å². The minimum atomic E-state index is -0.858. The van der Waals surface area contributed by atoms with Gasteiger partial charge in [0.05, 0.1) is 25.0 Å². The molecule has 2 N–H and O–H groups in total. The van der Waals surface area contributed by atoms with E-state index in [0.717, 1.165) is 6.42 Å². The second kappa shape index (κ2) is 10.9. The third-order valence-electron chi connectivity index (χ3n) is 3.31. The Hall–Kier alpha value is -0.790. The lowest BCUT2D eigenvalue weighted by Gasteiger charge is -2.29. The number of rotatable bonds is 14. The zero-order valence-electron chi connectivity index (χ0n) is 14.6. The highest BCUT2D eigenvalue weighted by Gasteiger charge is 2.22. The van der Waals surface area contributed by atoms with E-state index in [2.05, 4.69) is 13.8 Å². The van der Waals surface area contributed by atoms with Crippen LogP contribution in [0, 0.1) is 0 Å². The Bertz CT molecular complexity index is 368. The van der Waals surface area contributed by atoms with Crippen molar-refractivity contribution in [1.82, 2.24) is 0 Å². The lowest BCUT2D eigenvalue weighted by atomic mass is 10.1. The van der Waals surface area contributed by atoms with Gasteiger partial charge >= 0.3 is 11.9 Å². The number of thioether (sulfide) groups is 1. The van der Waals surface area contributed by atoms with Crippen LogP contribution in [0.1, 0.15) is 53.4 Å². The molecule has 0 aliphatic heterocycles. The average Bonchev–Trinajstić information content (AvgIpc) is 2.36. The van der Waals surface area contributed by atoms with Gasteiger partial charge in [-0.2, -0.15) is 11.8 Å². The van der Waals surface area contributed by atoms with Gasteiger partial charge in [0.15, 0.2) is 0 Å². The van der Waals surface area contributed by atoms with Crippen LogP contribution in [0.2, 0.25) is 0 Å². The molecule has 136 valence electrons. The molecule has 7 heteroatoms. The number of hydrogen-bond acceptors (Lipinski definition) is 5. The number of carboxylic acids is 2. The van der Waals surface area contributed by atoms with E-state index in [0.29, 0.717) is 25.4 Å². The molecule has 0 atom stereocenters. The SMILES string of the molecule is CC(C)(CCOCCC(=O)O)OCCC(C)(C)SCCC(=O)O. The minimum absolute atomic E-state index is 0.0169. The Balaban J connectivity index is 3.85. The van der Waals surface area contributed by atoms with Gasteiger partial charge in [0.2, 0.25) is 0 Å². The molecule has 0 rings (SSSR count). The van der Waals surface area contributed by atoms with Gasteiger partial charge in [-0.3, -0.25) is 9.59 Å². The fourth-order valence-electron chi connectivity index (χ4n) is 1.71. The van der Waals surface area contributed by atoms with Gasteiger partial charge < -0.3 is 19.7 Å². The Morgan fingerprint density at radius 3 is 2.09 bits per heavy atom. The van der Waals surface area contributed by atoms with Gasteiger partial charge in [-0.25, -0.2) is 0 Å². The van der Waals surface area contributed by atoms with Gasteiger partial charge in [0.25, 0.3) is 0 Å². The molecule has 0 heterocycles. The normalized spacial score (nSPS) is 12.3. The quantitative estimate of drug-likeness (QED) is 0.465. The van der Waals surface area contributed by atoms with E-state index < -0.39 is 11.9 Å². The van der Waals surface area contributed by atoms with Crippen LogP contribution in [-0.2, 0) is 19.1 Å². The van der Waals surface area contributed by atoms with E-state index in [9.17, 15) is 9.59 Å². The van der Waals surface area contributed by atoms with Crippen molar-refractivity contribution in [3.8, 4) is 0 Å². The summed E-state index contributed by atoms with van der Waals surface area (Å²) in [5.41, 5.74) is -0.328. The van der Waals surface area contributed by atoms with Crippen LogP contribution in [0.25, 0.3) is 0 Å². The molecule has 0 saturated heterocycles. The molecule has 23 heavy (non-hydrogen) atoms. The summed E-state index contributed by atoms with van der Waals surface area (Å²) in [4.78, 5) is 20.9. The average molecular weight is 350 g/mol. The first kappa shape index (κ1) is 22.2. The lowest BCUT2D eigenvalue weighted by molar-refractivity contribution is -0.138. The van der Waals surface area contributed by atoms with Crippen LogP contribution in [0.15, 0.2) is 0 Å². The Labute approximate surface area is 142 Å². The smallest absolute Gasteiger partial charge is 0.305 e. The summed E-state index contributed by atoms with van der Waals surface area (Å²) >= 11 is 1.64. The predicted molar refractivity (Wildman–Crippen MR) is 91.1 cm³/mol. The summed E-state index contributed by atoms with van der Waals surface area (Å²) in [5.74, 6) is -1.03. The van der Waals surface area contributed by atoms with Crippen LogP contribution >= 0.6 is 11.8 Å². The predicted octanol–water partition coefficient (Wildman–Crippen LogP) is 3.04. The number of carbonyl (C=O) groups is 2. The Kier molecular flexibility index (Phi) is 10.5. The second-order valence-corrected chi connectivity index (χ2v) is 8.42. The van der Waals surface area contributed by atoms with Gasteiger partial charge in [0, 0.05) is 23.7 Å². The van der Waals surface area contributed by atoms with Gasteiger partial charge in [-0.15, -0.1) is 0 Å². The van der Waals surface area contributed by atoms with Crippen molar-refractivity contribution in [2.75, 3.05) is 25.6 Å². The van der Waals surface area contributed by atoms with Crippen molar-refractivity contribution in [3.05, 3.63) is 0 Å². The lowest BCUT2D eigenvalue weighted by Crippen LogP contribution is -2.29. The maximum atomic E-state index is 10.5. The van der Waals surface area contributed by atoms with Gasteiger partial charge in [0.1, 0.15) is 0 Å². The first-order valence-corrected chi connectivity index (χ1v) is 8.82. The summed E-state index contributed by atoms with van der Waals surface area (Å²) in [6.07, 6.45) is 1.72. The van der Waals surface area contributed by atoms with Crippen LogP contribution in [0.5, 0.6) is 0 Å². The van der Waals surface area contributed by atoms with Crippen LogP contribution in [-0.4, -0.2) is 58.1 Å². The highest BCUT2D eigenvalue weighted by atomic mass is 32.2. The maximum absolute atomic E-state index is 10.5.